The Kier molecular flexibility index (Phi) is 2.58. The number of aromatic nitrogens is 2. The molecule has 0 aliphatic rings. The van der Waals surface area contributed by atoms with Gasteiger partial charge in [-0.2, -0.15) is 0 Å². The van der Waals surface area contributed by atoms with Gasteiger partial charge in [0, 0.05) is 11.6 Å². The molecule has 0 aliphatic heterocycles. The molecule has 3 aromatic rings. The molecule has 6 heteroatoms. The highest BCUT2D eigenvalue weighted by molar-refractivity contribution is 7.20. The lowest BCUT2D eigenvalue weighted by molar-refractivity contribution is 0.102. The van der Waals surface area contributed by atoms with E-state index >= 15 is 0 Å². The van der Waals surface area contributed by atoms with Crippen molar-refractivity contribution in [1.82, 2.24) is 9.97 Å². The van der Waals surface area contributed by atoms with Crippen molar-refractivity contribution in [2.75, 3.05) is 5.32 Å². The molecular weight excluding hydrogens is 254 g/mol. The quantitative estimate of drug-likeness (QED) is 0.771. The second-order valence-electron chi connectivity index (χ2n) is 3.28. The molecule has 0 unspecified atom stereocenters. The lowest BCUT2D eigenvalue weighted by atomic mass is 10.3. The van der Waals surface area contributed by atoms with Crippen LogP contribution in [-0.2, 0) is 0 Å². The Bertz CT molecular complexity index is 627. The van der Waals surface area contributed by atoms with Gasteiger partial charge in [0.15, 0.2) is 10.1 Å². The fourth-order valence-corrected chi connectivity index (χ4v) is 2.79. The van der Waals surface area contributed by atoms with Crippen molar-refractivity contribution >= 4 is 43.9 Å². The average Bonchev–Trinajstić information content (AvgIpc) is 2.96. The number of hydrogen-bond donors (Lipinski definition) is 1. The number of rotatable bonds is 2. The molecule has 4 nitrogen and oxygen atoms in total. The number of hydrogen-bond acceptors (Lipinski definition) is 5. The maximum atomic E-state index is 11.9. The Morgan fingerprint density at radius 3 is 2.94 bits per heavy atom. The molecule has 1 amide bonds. The molecule has 1 N–H and O–H groups in total. The summed E-state index contributed by atoms with van der Waals surface area (Å²) in [6.45, 7) is 0. The molecule has 0 saturated heterocycles. The molecule has 2 heterocycles. The number of anilines is 1. The standard InChI is InChI=1S/C11H7N3OS2/c15-9(14-11-12-5-6-16-11)10-13-7-3-1-2-4-8(7)17-10/h1-6H,(H,12,14,15). The molecular formula is C11H7N3OS2. The van der Waals surface area contributed by atoms with Crippen LogP contribution < -0.4 is 5.32 Å². The lowest BCUT2D eigenvalue weighted by Gasteiger charge is -1.95. The van der Waals surface area contributed by atoms with E-state index in [1.165, 1.54) is 22.7 Å². The highest BCUT2D eigenvalue weighted by Crippen LogP contribution is 2.22. The van der Waals surface area contributed by atoms with E-state index in [2.05, 4.69) is 15.3 Å². The third-order valence-corrected chi connectivity index (χ3v) is 3.86. The van der Waals surface area contributed by atoms with Gasteiger partial charge in [-0.15, -0.1) is 22.7 Å². The third kappa shape index (κ3) is 2.04. The summed E-state index contributed by atoms with van der Waals surface area (Å²) in [6.07, 6.45) is 1.65. The van der Waals surface area contributed by atoms with Crippen LogP contribution in [0.2, 0.25) is 0 Å². The Hall–Kier alpha value is -1.79. The monoisotopic (exact) mass is 261 g/mol. The predicted molar refractivity (Wildman–Crippen MR) is 69.7 cm³/mol. The number of nitrogens with zero attached hydrogens (tertiary/aromatic N) is 2. The first-order valence-corrected chi connectivity index (χ1v) is 6.59. The van der Waals surface area contributed by atoms with Gasteiger partial charge in [0.2, 0.25) is 0 Å². The molecule has 0 saturated carbocycles. The Balaban J connectivity index is 1.90. The normalized spacial score (nSPS) is 10.6. The van der Waals surface area contributed by atoms with Gasteiger partial charge in [0.25, 0.3) is 5.91 Å². The zero-order valence-corrected chi connectivity index (χ0v) is 10.2. The minimum absolute atomic E-state index is 0.207. The summed E-state index contributed by atoms with van der Waals surface area (Å²) in [5.41, 5.74) is 0.849. The Morgan fingerprint density at radius 2 is 2.18 bits per heavy atom. The van der Waals surface area contributed by atoms with Gasteiger partial charge in [-0.05, 0) is 12.1 Å². The number of amides is 1. The second kappa shape index (κ2) is 4.23. The van der Waals surface area contributed by atoms with E-state index in [0.717, 1.165) is 10.2 Å². The number of thiazole rings is 2. The van der Waals surface area contributed by atoms with Crippen LogP contribution in [-0.4, -0.2) is 15.9 Å². The van der Waals surface area contributed by atoms with Gasteiger partial charge in [0.1, 0.15) is 0 Å². The van der Waals surface area contributed by atoms with E-state index in [-0.39, 0.29) is 5.91 Å². The van der Waals surface area contributed by atoms with E-state index < -0.39 is 0 Å². The van der Waals surface area contributed by atoms with E-state index in [1.807, 2.05) is 29.6 Å². The summed E-state index contributed by atoms with van der Waals surface area (Å²) in [5.74, 6) is -0.207. The summed E-state index contributed by atoms with van der Waals surface area (Å²) in [7, 11) is 0. The first kappa shape index (κ1) is 10.4. The van der Waals surface area contributed by atoms with Crippen molar-refractivity contribution < 1.29 is 4.79 Å². The predicted octanol–water partition coefficient (Wildman–Crippen LogP) is 3.01. The van der Waals surface area contributed by atoms with Crippen LogP contribution in [0.25, 0.3) is 10.2 Å². The summed E-state index contributed by atoms with van der Waals surface area (Å²) >= 11 is 2.77. The van der Waals surface area contributed by atoms with Crippen LogP contribution in [0, 0.1) is 0 Å². The number of para-hydroxylation sites is 1. The van der Waals surface area contributed by atoms with Crippen LogP contribution in [0.3, 0.4) is 0 Å². The van der Waals surface area contributed by atoms with Gasteiger partial charge in [-0.3, -0.25) is 10.1 Å². The van der Waals surface area contributed by atoms with Gasteiger partial charge in [-0.1, -0.05) is 12.1 Å². The van der Waals surface area contributed by atoms with Crippen LogP contribution in [0.1, 0.15) is 9.80 Å². The average molecular weight is 261 g/mol. The summed E-state index contributed by atoms with van der Waals surface area (Å²) in [5, 5.41) is 5.58. The molecule has 84 valence electrons. The molecule has 0 aliphatic carbocycles. The molecule has 17 heavy (non-hydrogen) atoms. The molecule has 2 aromatic heterocycles. The van der Waals surface area contributed by atoms with Crippen LogP contribution in [0.15, 0.2) is 35.8 Å². The first-order valence-electron chi connectivity index (χ1n) is 4.89. The minimum Gasteiger partial charge on any atom is -0.296 e. The van der Waals surface area contributed by atoms with Crippen molar-refractivity contribution in [1.29, 1.82) is 0 Å². The van der Waals surface area contributed by atoms with Crippen LogP contribution in [0.5, 0.6) is 0 Å². The van der Waals surface area contributed by atoms with Gasteiger partial charge in [-0.25, -0.2) is 9.97 Å². The zero-order valence-electron chi connectivity index (χ0n) is 8.58. The molecule has 0 fully saturated rings. The number of fused-ring (bicyclic) bond motifs is 1. The fraction of sp³-hybridized carbons (Fsp3) is 0. The molecule has 1 aromatic carbocycles. The van der Waals surface area contributed by atoms with Gasteiger partial charge >= 0.3 is 0 Å². The van der Waals surface area contributed by atoms with E-state index in [0.29, 0.717) is 10.1 Å². The molecule has 0 radical (unpaired) electrons. The fourth-order valence-electron chi connectivity index (χ4n) is 1.41. The number of benzene rings is 1. The van der Waals surface area contributed by atoms with Gasteiger partial charge < -0.3 is 0 Å². The van der Waals surface area contributed by atoms with Crippen molar-refractivity contribution in [3.63, 3.8) is 0 Å². The zero-order chi connectivity index (χ0) is 11.7. The highest BCUT2D eigenvalue weighted by Gasteiger charge is 2.12. The Labute approximate surface area is 105 Å². The number of nitrogens with one attached hydrogen (secondary N) is 1. The second-order valence-corrected chi connectivity index (χ2v) is 5.20. The summed E-state index contributed by atoms with van der Waals surface area (Å²) in [6, 6.07) is 7.69. The SMILES string of the molecule is O=C(Nc1nccs1)c1nc2ccccc2s1. The number of carbonyl (C=O) groups is 1. The van der Waals surface area contributed by atoms with E-state index in [9.17, 15) is 4.79 Å². The topological polar surface area (TPSA) is 54.9 Å². The summed E-state index contributed by atoms with van der Waals surface area (Å²) in [4.78, 5) is 20.2. The van der Waals surface area contributed by atoms with Crippen molar-refractivity contribution in [3.8, 4) is 0 Å². The smallest absolute Gasteiger partial charge is 0.286 e. The summed E-state index contributed by atoms with van der Waals surface area (Å²) < 4.78 is 1.01. The van der Waals surface area contributed by atoms with E-state index in [1.54, 1.807) is 6.20 Å². The highest BCUT2D eigenvalue weighted by atomic mass is 32.1. The molecule has 0 atom stereocenters. The maximum Gasteiger partial charge on any atom is 0.286 e. The molecule has 0 spiro atoms. The third-order valence-electron chi connectivity index (χ3n) is 2.14. The lowest BCUT2D eigenvalue weighted by Crippen LogP contribution is -2.10. The van der Waals surface area contributed by atoms with Crippen molar-refractivity contribution in [2.45, 2.75) is 0 Å². The molecule has 0 bridgehead atoms. The minimum atomic E-state index is -0.207. The molecule has 3 rings (SSSR count). The first-order chi connectivity index (χ1) is 8.33. The van der Waals surface area contributed by atoms with Crippen molar-refractivity contribution in [3.05, 3.63) is 40.8 Å². The van der Waals surface area contributed by atoms with Gasteiger partial charge in [0.05, 0.1) is 10.2 Å². The maximum absolute atomic E-state index is 11.9. The van der Waals surface area contributed by atoms with Crippen molar-refractivity contribution in [2.24, 2.45) is 0 Å². The van der Waals surface area contributed by atoms with Crippen LogP contribution in [0.4, 0.5) is 5.13 Å². The van der Waals surface area contributed by atoms with E-state index in [4.69, 9.17) is 0 Å². The largest absolute Gasteiger partial charge is 0.296 e. The Morgan fingerprint density at radius 1 is 1.29 bits per heavy atom. The number of carbonyl (C=O) groups excluding carboxylic acids is 1. The van der Waals surface area contributed by atoms with Crippen LogP contribution >= 0.6 is 22.7 Å².